The fourth-order valence-electron chi connectivity index (χ4n) is 3.57. The number of hydrogen-bond donors (Lipinski definition) is 2. The SMILES string of the molecule is CC(=O)NCc1ccc(-c2nc(NC(=O)Cc3c(C)nn(-c4ccccc4)c3C)sc2C)s1. The molecule has 0 radical (unpaired) electrons. The van der Waals surface area contributed by atoms with Crippen molar-refractivity contribution in [3.8, 4) is 16.3 Å². The summed E-state index contributed by atoms with van der Waals surface area (Å²) >= 11 is 3.05. The van der Waals surface area contributed by atoms with E-state index in [0.717, 1.165) is 43.0 Å². The summed E-state index contributed by atoms with van der Waals surface area (Å²) in [6.45, 7) is 7.91. The quantitative estimate of drug-likeness (QED) is 0.398. The van der Waals surface area contributed by atoms with E-state index in [-0.39, 0.29) is 18.2 Å². The highest BCUT2D eigenvalue weighted by atomic mass is 32.1. The first kappa shape index (κ1) is 22.9. The van der Waals surface area contributed by atoms with Crippen LogP contribution in [0.1, 0.15) is 33.6 Å². The Morgan fingerprint density at radius 3 is 2.52 bits per heavy atom. The van der Waals surface area contributed by atoms with Crippen molar-refractivity contribution in [2.75, 3.05) is 5.32 Å². The monoisotopic (exact) mass is 479 g/mol. The molecule has 0 bridgehead atoms. The number of rotatable bonds is 7. The lowest BCUT2D eigenvalue weighted by Crippen LogP contribution is -2.17. The highest BCUT2D eigenvalue weighted by molar-refractivity contribution is 7.18. The van der Waals surface area contributed by atoms with Gasteiger partial charge in [-0.2, -0.15) is 5.10 Å². The van der Waals surface area contributed by atoms with Gasteiger partial charge in [-0.05, 0) is 45.0 Å². The lowest BCUT2D eigenvalue weighted by atomic mass is 10.1. The summed E-state index contributed by atoms with van der Waals surface area (Å²) in [6, 6.07) is 13.9. The molecule has 4 aromatic rings. The Bertz CT molecular complexity index is 1300. The average molecular weight is 480 g/mol. The first-order chi connectivity index (χ1) is 15.8. The van der Waals surface area contributed by atoms with Crippen LogP contribution in [0.15, 0.2) is 42.5 Å². The zero-order valence-electron chi connectivity index (χ0n) is 18.9. The molecule has 7 nitrogen and oxygen atoms in total. The van der Waals surface area contributed by atoms with Crippen LogP contribution in [0.2, 0.25) is 0 Å². The summed E-state index contributed by atoms with van der Waals surface area (Å²) in [5.74, 6) is -0.175. The molecule has 0 fully saturated rings. The molecular formula is C24H25N5O2S2. The second-order valence-corrected chi connectivity index (χ2v) is 10.1. The van der Waals surface area contributed by atoms with E-state index in [0.29, 0.717) is 11.7 Å². The Balaban J connectivity index is 1.46. The largest absolute Gasteiger partial charge is 0.351 e. The van der Waals surface area contributed by atoms with Gasteiger partial charge in [0.05, 0.1) is 34.9 Å². The van der Waals surface area contributed by atoms with Gasteiger partial charge in [-0.15, -0.1) is 22.7 Å². The Kier molecular flexibility index (Phi) is 6.71. The van der Waals surface area contributed by atoms with Crippen molar-refractivity contribution < 1.29 is 9.59 Å². The second kappa shape index (κ2) is 9.68. The number of carbonyl (C=O) groups is 2. The number of anilines is 1. The number of amides is 2. The fraction of sp³-hybridized carbons (Fsp3) is 0.250. The summed E-state index contributed by atoms with van der Waals surface area (Å²) in [4.78, 5) is 31.7. The third-order valence-corrected chi connectivity index (χ3v) is 7.21. The highest BCUT2D eigenvalue weighted by Gasteiger charge is 2.18. The van der Waals surface area contributed by atoms with E-state index in [9.17, 15) is 9.59 Å². The van der Waals surface area contributed by atoms with Gasteiger partial charge in [0, 0.05) is 27.9 Å². The van der Waals surface area contributed by atoms with Gasteiger partial charge in [0.1, 0.15) is 0 Å². The summed E-state index contributed by atoms with van der Waals surface area (Å²) in [5.41, 5.74) is 4.55. The van der Waals surface area contributed by atoms with Crippen LogP contribution < -0.4 is 10.6 Å². The van der Waals surface area contributed by atoms with Gasteiger partial charge in [0.2, 0.25) is 11.8 Å². The van der Waals surface area contributed by atoms with E-state index in [1.807, 2.05) is 67.9 Å². The molecule has 0 unspecified atom stereocenters. The van der Waals surface area contributed by atoms with E-state index in [2.05, 4.69) is 20.7 Å². The van der Waals surface area contributed by atoms with Crippen molar-refractivity contribution in [1.29, 1.82) is 0 Å². The van der Waals surface area contributed by atoms with Gasteiger partial charge in [-0.1, -0.05) is 18.2 Å². The zero-order chi connectivity index (χ0) is 23.5. The predicted molar refractivity (Wildman–Crippen MR) is 133 cm³/mol. The van der Waals surface area contributed by atoms with Crippen molar-refractivity contribution in [3.05, 3.63) is 69.2 Å². The van der Waals surface area contributed by atoms with Crippen LogP contribution in [0.25, 0.3) is 16.3 Å². The van der Waals surface area contributed by atoms with Crippen LogP contribution in [0.5, 0.6) is 0 Å². The number of carbonyl (C=O) groups excluding carboxylic acids is 2. The molecule has 3 heterocycles. The number of aromatic nitrogens is 3. The van der Waals surface area contributed by atoms with Crippen molar-refractivity contribution in [2.24, 2.45) is 0 Å². The zero-order valence-corrected chi connectivity index (χ0v) is 20.6. The second-order valence-electron chi connectivity index (χ2n) is 7.72. The molecule has 0 aliphatic rings. The molecule has 9 heteroatoms. The molecule has 2 amide bonds. The molecule has 0 atom stereocenters. The Morgan fingerprint density at radius 2 is 1.79 bits per heavy atom. The van der Waals surface area contributed by atoms with Crippen LogP contribution in [-0.2, 0) is 22.6 Å². The summed E-state index contributed by atoms with van der Waals surface area (Å²) in [6.07, 6.45) is 0.234. The maximum Gasteiger partial charge on any atom is 0.230 e. The van der Waals surface area contributed by atoms with E-state index >= 15 is 0 Å². The smallest absolute Gasteiger partial charge is 0.230 e. The van der Waals surface area contributed by atoms with E-state index < -0.39 is 0 Å². The Hall–Kier alpha value is -3.30. The van der Waals surface area contributed by atoms with Crippen molar-refractivity contribution in [3.63, 3.8) is 0 Å². The molecular weight excluding hydrogens is 454 g/mol. The van der Waals surface area contributed by atoms with Crippen LogP contribution in [-0.4, -0.2) is 26.6 Å². The van der Waals surface area contributed by atoms with Crippen molar-refractivity contribution in [2.45, 2.75) is 40.7 Å². The minimum atomic E-state index is -0.119. The lowest BCUT2D eigenvalue weighted by Gasteiger charge is -2.05. The van der Waals surface area contributed by atoms with Gasteiger partial charge >= 0.3 is 0 Å². The summed E-state index contributed by atoms with van der Waals surface area (Å²) < 4.78 is 1.87. The van der Waals surface area contributed by atoms with Crippen LogP contribution in [0, 0.1) is 20.8 Å². The van der Waals surface area contributed by atoms with Gasteiger partial charge < -0.3 is 10.6 Å². The molecule has 4 rings (SSSR count). The number of thiazole rings is 1. The minimum Gasteiger partial charge on any atom is -0.351 e. The highest BCUT2D eigenvalue weighted by Crippen LogP contribution is 2.34. The third kappa shape index (κ3) is 5.20. The van der Waals surface area contributed by atoms with Gasteiger partial charge in [-0.3, -0.25) is 9.59 Å². The van der Waals surface area contributed by atoms with E-state index in [4.69, 9.17) is 0 Å². The summed E-state index contributed by atoms with van der Waals surface area (Å²) in [7, 11) is 0. The molecule has 2 N–H and O–H groups in total. The Morgan fingerprint density at radius 1 is 1.03 bits per heavy atom. The average Bonchev–Trinajstić information content (AvgIpc) is 3.46. The van der Waals surface area contributed by atoms with Gasteiger partial charge in [-0.25, -0.2) is 9.67 Å². The standard InChI is InChI=1S/C24H25N5O2S2/c1-14-20(15(2)29(28-14)18-8-6-5-7-9-18)12-22(31)26-24-27-23(16(3)32-24)21-11-10-19(33-21)13-25-17(4)30/h5-11H,12-13H2,1-4H3,(H,25,30)(H,26,27,31). The maximum absolute atomic E-state index is 12.8. The Labute approximate surface area is 200 Å². The van der Waals surface area contributed by atoms with Crippen LogP contribution >= 0.6 is 22.7 Å². The molecule has 0 saturated carbocycles. The molecule has 1 aromatic carbocycles. The normalized spacial score (nSPS) is 10.9. The number of nitrogens with zero attached hydrogens (tertiary/aromatic N) is 3. The topological polar surface area (TPSA) is 88.9 Å². The molecule has 0 spiro atoms. The predicted octanol–water partition coefficient (Wildman–Crippen LogP) is 4.80. The maximum atomic E-state index is 12.8. The number of nitrogens with one attached hydrogen (secondary N) is 2. The summed E-state index contributed by atoms with van der Waals surface area (Å²) in [5, 5.41) is 11.0. The number of benzene rings is 1. The third-order valence-electron chi connectivity index (χ3n) is 5.23. The fourth-order valence-corrected chi connectivity index (χ4v) is 5.47. The molecule has 170 valence electrons. The number of hydrogen-bond acceptors (Lipinski definition) is 6. The van der Waals surface area contributed by atoms with Gasteiger partial charge in [0.15, 0.2) is 5.13 Å². The molecule has 0 saturated heterocycles. The molecule has 0 aliphatic heterocycles. The van der Waals surface area contributed by atoms with E-state index in [1.165, 1.54) is 18.3 Å². The molecule has 3 aromatic heterocycles. The first-order valence-corrected chi connectivity index (χ1v) is 12.2. The van der Waals surface area contributed by atoms with Crippen LogP contribution in [0.3, 0.4) is 0 Å². The van der Waals surface area contributed by atoms with Crippen molar-refractivity contribution in [1.82, 2.24) is 20.1 Å². The van der Waals surface area contributed by atoms with E-state index in [1.54, 1.807) is 11.3 Å². The molecule has 0 aliphatic carbocycles. The molecule has 33 heavy (non-hydrogen) atoms. The number of thiophene rings is 1. The van der Waals surface area contributed by atoms with Crippen LogP contribution in [0.4, 0.5) is 5.13 Å². The number of aryl methyl sites for hydroxylation is 2. The van der Waals surface area contributed by atoms with Crippen molar-refractivity contribution >= 4 is 39.6 Å². The lowest BCUT2D eigenvalue weighted by molar-refractivity contribution is -0.119. The first-order valence-electron chi connectivity index (χ1n) is 10.5. The minimum absolute atomic E-state index is 0.0560. The number of para-hydroxylation sites is 1. The van der Waals surface area contributed by atoms with Gasteiger partial charge in [0.25, 0.3) is 0 Å².